The first-order valence-corrected chi connectivity index (χ1v) is 9.24. The number of nitrogens with one attached hydrogen (secondary N) is 2. The number of anilines is 2. The maximum atomic E-state index is 12.9. The van der Waals surface area contributed by atoms with Gasteiger partial charge in [-0.05, 0) is 36.8 Å². The van der Waals surface area contributed by atoms with Crippen LogP contribution in [0.25, 0.3) is 0 Å². The zero-order valence-corrected chi connectivity index (χ0v) is 16.3. The number of hydrogen-bond donors (Lipinski definition) is 2. The normalized spacial score (nSPS) is 16.3. The summed E-state index contributed by atoms with van der Waals surface area (Å²) in [5.74, 6) is -0.789. The minimum absolute atomic E-state index is 0.201. The lowest BCUT2D eigenvalue weighted by molar-refractivity contribution is -0.141. The smallest absolute Gasteiger partial charge is 0.350 e. The first-order valence-electron chi connectivity index (χ1n) is 8.86. The van der Waals surface area contributed by atoms with Crippen LogP contribution >= 0.6 is 11.6 Å². The fraction of sp³-hybridized carbons (Fsp3) is 0.263. The van der Waals surface area contributed by atoms with Crippen LogP contribution in [0.3, 0.4) is 0 Å². The number of carbonyl (C=O) groups is 2. The summed E-state index contributed by atoms with van der Waals surface area (Å²) in [6, 6.07) is 6.06. The zero-order valence-electron chi connectivity index (χ0n) is 15.5. The van der Waals surface area contributed by atoms with Crippen LogP contribution in [0.15, 0.2) is 43.1 Å². The van der Waals surface area contributed by atoms with Crippen molar-refractivity contribution in [2.75, 3.05) is 23.7 Å². The molecule has 0 bridgehead atoms. The molecule has 0 unspecified atom stereocenters. The number of aromatic nitrogens is 2. The van der Waals surface area contributed by atoms with Gasteiger partial charge >= 0.3 is 6.18 Å². The number of carbonyl (C=O) groups excluding carboxylic acids is 2. The number of rotatable bonds is 5. The molecule has 1 aromatic carbocycles. The summed E-state index contributed by atoms with van der Waals surface area (Å²) in [4.78, 5) is 32.8. The monoisotopic (exact) mass is 439 g/mol. The quantitative estimate of drug-likeness (QED) is 0.695. The molecular formula is C19H17ClF3N5O2. The van der Waals surface area contributed by atoms with E-state index in [0.717, 1.165) is 12.3 Å². The van der Waals surface area contributed by atoms with E-state index in [4.69, 9.17) is 11.6 Å². The van der Waals surface area contributed by atoms with Gasteiger partial charge in [-0.15, -0.1) is 0 Å². The molecule has 0 saturated carbocycles. The Morgan fingerprint density at radius 1 is 1.27 bits per heavy atom. The van der Waals surface area contributed by atoms with Gasteiger partial charge in [-0.3, -0.25) is 9.59 Å². The van der Waals surface area contributed by atoms with Crippen molar-refractivity contribution in [1.29, 1.82) is 0 Å². The van der Waals surface area contributed by atoms with Crippen molar-refractivity contribution in [3.63, 3.8) is 0 Å². The van der Waals surface area contributed by atoms with E-state index in [2.05, 4.69) is 27.2 Å². The molecule has 2 aromatic rings. The maximum absolute atomic E-state index is 12.9. The Morgan fingerprint density at radius 3 is 2.60 bits per heavy atom. The third-order valence-electron chi connectivity index (χ3n) is 4.41. The number of benzene rings is 1. The van der Waals surface area contributed by atoms with Gasteiger partial charge in [0.1, 0.15) is 0 Å². The van der Waals surface area contributed by atoms with Crippen molar-refractivity contribution in [1.82, 2.24) is 14.9 Å². The molecule has 1 aliphatic heterocycles. The standard InChI is InChI=1S/C19H17ClF3N5O2/c1-2-15(29)25-12-5-3-11(4-6-12)17(30)28-8-7-13(10-28)26-18-24-9-14(20)16(27-18)19(21,22)23/h2-6,9,13H,1,7-8,10H2,(H,25,29)(H,24,26,27)/t13-/m1/s1. The van der Waals surface area contributed by atoms with Crippen molar-refractivity contribution in [3.05, 3.63) is 59.4 Å². The lowest BCUT2D eigenvalue weighted by Crippen LogP contribution is -2.32. The van der Waals surface area contributed by atoms with E-state index >= 15 is 0 Å². The molecule has 11 heteroatoms. The van der Waals surface area contributed by atoms with Crippen molar-refractivity contribution < 1.29 is 22.8 Å². The molecule has 1 fully saturated rings. The molecule has 3 rings (SSSR count). The Labute approximate surface area is 174 Å². The fourth-order valence-electron chi connectivity index (χ4n) is 2.95. The molecule has 1 atom stereocenters. The summed E-state index contributed by atoms with van der Waals surface area (Å²) in [5.41, 5.74) is -0.261. The predicted octanol–water partition coefficient (Wildman–Crippen LogP) is 3.60. The van der Waals surface area contributed by atoms with Gasteiger partial charge in [-0.25, -0.2) is 9.97 Å². The minimum atomic E-state index is -4.69. The molecule has 2 N–H and O–H groups in total. The SMILES string of the molecule is C=CC(=O)Nc1ccc(C(=O)N2CC[C@@H](Nc3ncc(Cl)c(C(F)(F)F)n3)C2)cc1. The largest absolute Gasteiger partial charge is 0.435 e. The number of likely N-dealkylation sites (tertiary alicyclic amines) is 1. The zero-order chi connectivity index (χ0) is 21.9. The molecule has 0 spiro atoms. The van der Waals surface area contributed by atoms with Gasteiger partial charge in [0.2, 0.25) is 11.9 Å². The van der Waals surface area contributed by atoms with Gasteiger partial charge in [0, 0.05) is 30.4 Å². The Bertz CT molecular complexity index is 966. The lowest BCUT2D eigenvalue weighted by Gasteiger charge is -2.18. The topological polar surface area (TPSA) is 87.2 Å². The van der Waals surface area contributed by atoms with E-state index in [1.807, 2.05) is 0 Å². The van der Waals surface area contributed by atoms with Crippen molar-refractivity contribution >= 4 is 35.1 Å². The van der Waals surface area contributed by atoms with Gasteiger partial charge in [-0.1, -0.05) is 18.2 Å². The number of halogens is 4. The predicted molar refractivity (Wildman–Crippen MR) is 105 cm³/mol. The van der Waals surface area contributed by atoms with Crippen LogP contribution in [0.4, 0.5) is 24.8 Å². The highest BCUT2D eigenvalue weighted by Gasteiger charge is 2.36. The molecule has 158 valence electrons. The summed E-state index contributed by atoms with van der Waals surface area (Å²) in [5, 5.41) is 4.83. The van der Waals surface area contributed by atoms with Crippen molar-refractivity contribution in [2.24, 2.45) is 0 Å². The first-order chi connectivity index (χ1) is 14.2. The Hall–Kier alpha value is -3.14. The van der Waals surface area contributed by atoms with Crippen molar-refractivity contribution in [2.45, 2.75) is 18.6 Å². The summed E-state index contributed by atoms with van der Waals surface area (Å²) in [7, 11) is 0. The molecule has 1 aliphatic rings. The second-order valence-electron chi connectivity index (χ2n) is 6.54. The average molecular weight is 440 g/mol. The highest BCUT2D eigenvalue weighted by molar-refractivity contribution is 6.31. The molecule has 0 aliphatic carbocycles. The van der Waals surface area contributed by atoms with Crippen LogP contribution in [-0.2, 0) is 11.0 Å². The third kappa shape index (κ3) is 5.07. The fourth-order valence-corrected chi connectivity index (χ4v) is 3.15. The van der Waals surface area contributed by atoms with Crippen molar-refractivity contribution in [3.8, 4) is 0 Å². The van der Waals surface area contributed by atoms with Gasteiger partial charge < -0.3 is 15.5 Å². The first kappa shape index (κ1) is 21.6. The molecular weight excluding hydrogens is 423 g/mol. The van der Waals surface area contributed by atoms with Crippen LogP contribution in [0, 0.1) is 0 Å². The van der Waals surface area contributed by atoms with E-state index < -0.39 is 16.9 Å². The number of alkyl halides is 3. The van der Waals surface area contributed by atoms with E-state index in [9.17, 15) is 22.8 Å². The van der Waals surface area contributed by atoms with E-state index in [-0.39, 0.29) is 30.3 Å². The molecule has 1 saturated heterocycles. The number of nitrogens with zero attached hydrogens (tertiary/aromatic N) is 3. The molecule has 1 aromatic heterocycles. The van der Waals surface area contributed by atoms with Crippen LogP contribution in [0.2, 0.25) is 5.02 Å². The van der Waals surface area contributed by atoms with Crippen LogP contribution in [0.5, 0.6) is 0 Å². The molecule has 2 heterocycles. The maximum Gasteiger partial charge on any atom is 0.435 e. The van der Waals surface area contributed by atoms with E-state index in [0.29, 0.717) is 24.2 Å². The molecule has 2 amide bonds. The Kier molecular flexibility index (Phi) is 6.25. The summed E-state index contributed by atoms with van der Waals surface area (Å²) >= 11 is 5.52. The summed E-state index contributed by atoms with van der Waals surface area (Å²) in [6.45, 7) is 4.06. The molecule has 30 heavy (non-hydrogen) atoms. The van der Waals surface area contributed by atoms with Crippen LogP contribution in [-0.4, -0.2) is 45.8 Å². The van der Waals surface area contributed by atoms with Crippen LogP contribution < -0.4 is 10.6 Å². The van der Waals surface area contributed by atoms with Crippen LogP contribution in [0.1, 0.15) is 22.5 Å². The Morgan fingerprint density at radius 2 is 1.97 bits per heavy atom. The summed E-state index contributed by atoms with van der Waals surface area (Å²) < 4.78 is 38.8. The third-order valence-corrected chi connectivity index (χ3v) is 4.68. The van der Waals surface area contributed by atoms with E-state index in [1.54, 1.807) is 29.2 Å². The lowest BCUT2D eigenvalue weighted by atomic mass is 10.2. The summed E-state index contributed by atoms with van der Waals surface area (Å²) in [6.07, 6.45) is -2.14. The number of amides is 2. The minimum Gasteiger partial charge on any atom is -0.350 e. The van der Waals surface area contributed by atoms with Gasteiger partial charge in [-0.2, -0.15) is 13.2 Å². The highest BCUT2D eigenvalue weighted by atomic mass is 35.5. The highest BCUT2D eigenvalue weighted by Crippen LogP contribution is 2.33. The van der Waals surface area contributed by atoms with E-state index in [1.165, 1.54) is 0 Å². The molecule has 0 radical (unpaired) electrons. The van der Waals surface area contributed by atoms with Gasteiger partial charge in [0.05, 0.1) is 11.2 Å². The Balaban J connectivity index is 1.62. The van der Waals surface area contributed by atoms with Gasteiger partial charge in [0.25, 0.3) is 5.91 Å². The average Bonchev–Trinajstić information content (AvgIpc) is 3.17. The second-order valence-corrected chi connectivity index (χ2v) is 6.95. The number of hydrogen-bond acceptors (Lipinski definition) is 5. The van der Waals surface area contributed by atoms with Gasteiger partial charge in [0.15, 0.2) is 5.69 Å². The second kappa shape index (κ2) is 8.70. The molecule has 7 nitrogen and oxygen atoms in total.